The average Bonchev–Trinajstić information content (AvgIpc) is 2.84. The fourth-order valence-electron chi connectivity index (χ4n) is 4.03. The van der Waals surface area contributed by atoms with Crippen LogP contribution in [0.4, 0.5) is 18.9 Å². The molecule has 0 aliphatic carbocycles. The lowest BCUT2D eigenvalue weighted by atomic mass is 9.98. The highest BCUT2D eigenvalue weighted by molar-refractivity contribution is 7.92. The Morgan fingerprint density at radius 1 is 1.22 bits per heavy atom. The Bertz CT molecular complexity index is 1240. The van der Waals surface area contributed by atoms with E-state index in [-0.39, 0.29) is 36.7 Å². The highest BCUT2D eigenvalue weighted by atomic mass is 32.2. The first-order chi connectivity index (χ1) is 16.9. The summed E-state index contributed by atoms with van der Waals surface area (Å²) in [5.41, 5.74) is 1.09. The molecule has 0 spiro atoms. The Hall–Kier alpha value is -3.01. The number of fused-ring (bicyclic) bond motifs is 1. The van der Waals surface area contributed by atoms with E-state index in [9.17, 15) is 26.4 Å². The highest BCUT2D eigenvalue weighted by Gasteiger charge is 2.37. The Kier molecular flexibility index (Phi) is 8.38. The van der Waals surface area contributed by atoms with E-state index < -0.39 is 38.7 Å². The van der Waals surface area contributed by atoms with Crippen LogP contribution in [0.1, 0.15) is 51.2 Å². The first-order valence-electron chi connectivity index (χ1n) is 11.6. The van der Waals surface area contributed by atoms with Crippen LogP contribution in [0.2, 0.25) is 0 Å². The Morgan fingerprint density at radius 3 is 2.56 bits per heavy atom. The molecular weight excluding hydrogens is 495 g/mol. The van der Waals surface area contributed by atoms with Gasteiger partial charge in [0.25, 0.3) is 10.0 Å². The number of methoxy groups -OCH3 is 1. The molecule has 6 nitrogen and oxygen atoms in total. The zero-order chi connectivity index (χ0) is 26.7. The molecule has 0 N–H and O–H groups in total. The minimum Gasteiger partial charge on any atom is -0.486 e. The van der Waals surface area contributed by atoms with Crippen LogP contribution >= 0.6 is 0 Å². The van der Waals surface area contributed by atoms with Crippen molar-refractivity contribution in [2.24, 2.45) is 5.92 Å². The maximum absolute atomic E-state index is 13.7. The summed E-state index contributed by atoms with van der Waals surface area (Å²) in [5, 5.41) is 0. The molecule has 0 bridgehead atoms. The van der Waals surface area contributed by atoms with Crippen LogP contribution < -0.4 is 9.04 Å². The van der Waals surface area contributed by atoms with E-state index in [0.717, 1.165) is 40.1 Å². The number of esters is 1. The number of rotatable bonds is 8. The molecule has 2 aromatic rings. The van der Waals surface area contributed by atoms with E-state index in [1.807, 2.05) is 13.0 Å². The van der Waals surface area contributed by atoms with Crippen molar-refractivity contribution in [3.63, 3.8) is 0 Å². The summed E-state index contributed by atoms with van der Waals surface area (Å²) in [5.74, 6) is 0.0827. The summed E-state index contributed by atoms with van der Waals surface area (Å²) in [6, 6.07) is 8.78. The first kappa shape index (κ1) is 27.6. The molecule has 3 rings (SSSR count). The molecule has 0 fully saturated rings. The summed E-state index contributed by atoms with van der Waals surface area (Å²) in [7, 11) is -3.14. The Balaban J connectivity index is 2.09. The minimum atomic E-state index is -4.69. The molecule has 10 heteroatoms. The van der Waals surface area contributed by atoms with Crippen molar-refractivity contribution >= 4 is 27.8 Å². The summed E-state index contributed by atoms with van der Waals surface area (Å²) >= 11 is 0. The SMILES string of the molecule is CC/C(=C\c1ccc2c(c1)N(S(=O)(=O)c1cccc(C(F)(F)F)c1)C[C@H](CCC(=O)OC)O2)C(C)C. The van der Waals surface area contributed by atoms with Gasteiger partial charge in [0, 0.05) is 6.42 Å². The van der Waals surface area contributed by atoms with Gasteiger partial charge in [0.15, 0.2) is 0 Å². The zero-order valence-corrected chi connectivity index (χ0v) is 21.4. The van der Waals surface area contributed by atoms with Crippen LogP contribution in [0.5, 0.6) is 5.75 Å². The molecule has 0 radical (unpaired) electrons. The molecule has 0 unspecified atom stereocenters. The van der Waals surface area contributed by atoms with Crippen molar-refractivity contribution in [3.8, 4) is 5.75 Å². The first-order valence-corrected chi connectivity index (χ1v) is 13.1. The molecule has 0 saturated heterocycles. The summed E-state index contributed by atoms with van der Waals surface area (Å²) < 4.78 is 79.0. The lowest BCUT2D eigenvalue weighted by Gasteiger charge is -2.35. The van der Waals surface area contributed by atoms with Crippen LogP contribution in [-0.4, -0.2) is 34.1 Å². The molecule has 0 aromatic heterocycles. The van der Waals surface area contributed by atoms with Crippen molar-refractivity contribution in [3.05, 3.63) is 59.2 Å². The van der Waals surface area contributed by atoms with E-state index >= 15 is 0 Å². The monoisotopic (exact) mass is 525 g/mol. The van der Waals surface area contributed by atoms with E-state index in [1.165, 1.54) is 7.11 Å². The fraction of sp³-hybridized carbons (Fsp3) is 0.423. The van der Waals surface area contributed by atoms with Crippen LogP contribution in [-0.2, 0) is 25.7 Å². The van der Waals surface area contributed by atoms with Gasteiger partial charge in [-0.25, -0.2) is 8.42 Å². The molecule has 1 heterocycles. The van der Waals surface area contributed by atoms with E-state index in [2.05, 4.69) is 18.6 Å². The fourth-order valence-corrected chi connectivity index (χ4v) is 5.57. The maximum Gasteiger partial charge on any atom is 0.416 e. The topological polar surface area (TPSA) is 72.9 Å². The van der Waals surface area contributed by atoms with Crippen LogP contribution in [0, 0.1) is 5.92 Å². The standard InChI is InChI=1S/C26H30F3NO5S/c1-5-19(17(2)3)13-18-9-11-24-23(14-18)30(16-21(35-24)10-12-25(31)34-4)36(32,33)22-8-6-7-20(15-22)26(27,28)29/h6-9,11,13-15,17,21H,5,10,12,16H2,1-4H3/b19-13+/t21-/m0/s1. The highest BCUT2D eigenvalue weighted by Crippen LogP contribution is 2.40. The molecule has 0 saturated carbocycles. The van der Waals surface area contributed by atoms with Crippen molar-refractivity contribution < 1.29 is 35.9 Å². The molecule has 36 heavy (non-hydrogen) atoms. The van der Waals surface area contributed by atoms with Gasteiger partial charge in [-0.2, -0.15) is 13.2 Å². The van der Waals surface area contributed by atoms with Gasteiger partial charge in [-0.05, 0) is 54.7 Å². The second-order valence-corrected chi connectivity index (χ2v) is 10.7. The lowest BCUT2D eigenvalue weighted by molar-refractivity contribution is -0.141. The number of anilines is 1. The van der Waals surface area contributed by atoms with Gasteiger partial charge in [0.1, 0.15) is 11.9 Å². The number of hydrogen-bond acceptors (Lipinski definition) is 5. The van der Waals surface area contributed by atoms with E-state index in [4.69, 9.17) is 4.74 Å². The lowest BCUT2D eigenvalue weighted by Crippen LogP contribution is -2.43. The predicted molar refractivity (Wildman–Crippen MR) is 131 cm³/mol. The number of benzene rings is 2. The third-order valence-electron chi connectivity index (χ3n) is 6.06. The zero-order valence-electron chi connectivity index (χ0n) is 20.6. The number of hydrogen-bond donors (Lipinski definition) is 0. The number of nitrogens with zero attached hydrogens (tertiary/aromatic N) is 1. The average molecular weight is 526 g/mol. The largest absolute Gasteiger partial charge is 0.486 e. The van der Waals surface area contributed by atoms with E-state index in [0.29, 0.717) is 6.07 Å². The van der Waals surface area contributed by atoms with E-state index in [1.54, 1.807) is 18.2 Å². The molecule has 1 atom stereocenters. The quantitative estimate of drug-likeness (QED) is 0.392. The number of carbonyl (C=O) groups is 1. The van der Waals surface area contributed by atoms with Crippen molar-refractivity contribution in [2.45, 2.75) is 57.2 Å². The molecule has 1 aliphatic heterocycles. The molecule has 2 aromatic carbocycles. The number of carbonyl (C=O) groups excluding carboxylic acids is 1. The second-order valence-electron chi connectivity index (χ2n) is 8.87. The number of sulfonamides is 1. The molecule has 0 amide bonds. The predicted octanol–water partition coefficient (Wildman–Crippen LogP) is 6.06. The van der Waals surface area contributed by atoms with Gasteiger partial charge in [-0.3, -0.25) is 9.10 Å². The van der Waals surface area contributed by atoms with Crippen LogP contribution in [0.15, 0.2) is 52.9 Å². The van der Waals surface area contributed by atoms with Crippen LogP contribution in [0.3, 0.4) is 0 Å². The van der Waals surface area contributed by atoms with Crippen molar-refractivity contribution in [1.29, 1.82) is 0 Å². The summed E-state index contributed by atoms with van der Waals surface area (Å²) in [4.78, 5) is 11.2. The van der Waals surface area contributed by atoms with Gasteiger partial charge in [-0.15, -0.1) is 0 Å². The Labute approximate surface area is 209 Å². The second kappa shape index (κ2) is 10.9. The van der Waals surface area contributed by atoms with Crippen LogP contribution in [0.25, 0.3) is 6.08 Å². The van der Waals surface area contributed by atoms with Crippen molar-refractivity contribution in [1.82, 2.24) is 0 Å². The van der Waals surface area contributed by atoms with Gasteiger partial charge >= 0.3 is 12.1 Å². The third-order valence-corrected chi connectivity index (χ3v) is 7.84. The number of alkyl halides is 3. The van der Waals surface area contributed by atoms with Gasteiger partial charge in [0.2, 0.25) is 0 Å². The number of ether oxygens (including phenoxy) is 2. The van der Waals surface area contributed by atoms with Crippen molar-refractivity contribution in [2.75, 3.05) is 18.0 Å². The number of halogens is 3. The molecule has 1 aliphatic rings. The molecular formula is C26H30F3NO5S. The minimum absolute atomic E-state index is 0.00299. The van der Waals surface area contributed by atoms with Gasteiger partial charge < -0.3 is 9.47 Å². The molecule has 196 valence electrons. The maximum atomic E-state index is 13.7. The third kappa shape index (κ3) is 6.21. The Morgan fingerprint density at radius 2 is 1.94 bits per heavy atom. The summed E-state index contributed by atoms with van der Waals surface area (Å²) in [6.07, 6.45) is -2.42. The van der Waals surface area contributed by atoms with Gasteiger partial charge in [-0.1, -0.05) is 44.6 Å². The summed E-state index contributed by atoms with van der Waals surface area (Å²) in [6.45, 7) is 5.99. The normalized spacial score (nSPS) is 16.5. The smallest absolute Gasteiger partial charge is 0.416 e. The van der Waals surface area contributed by atoms with Gasteiger partial charge in [0.05, 0.1) is 29.8 Å². The number of allylic oxidation sites excluding steroid dienone is 1.